The molecule has 1 saturated heterocycles. The van der Waals surface area contributed by atoms with E-state index in [9.17, 15) is 4.79 Å². The van der Waals surface area contributed by atoms with Gasteiger partial charge in [-0.2, -0.15) is 11.8 Å². The van der Waals surface area contributed by atoms with Gasteiger partial charge in [-0.1, -0.05) is 18.2 Å². The normalized spacial score (nSPS) is 18.6. The van der Waals surface area contributed by atoms with Gasteiger partial charge < -0.3 is 4.90 Å². The summed E-state index contributed by atoms with van der Waals surface area (Å²) in [7, 11) is 0. The molecule has 0 bridgehead atoms. The van der Waals surface area contributed by atoms with Crippen molar-refractivity contribution in [2.24, 2.45) is 5.92 Å². The minimum absolute atomic E-state index is 0.160. The summed E-state index contributed by atoms with van der Waals surface area (Å²) < 4.78 is 0. The van der Waals surface area contributed by atoms with Crippen LogP contribution in [0.25, 0.3) is 10.9 Å². The van der Waals surface area contributed by atoms with Gasteiger partial charge in [0.25, 0.3) is 5.91 Å². The Bertz CT molecular complexity index is 684. The fourth-order valence-corrected chi connectivity index (χ4v) is 4.02. The van der Waals surface area contributed by atoms with Gasteiger partial charge in [-0.15, -0.1) is 0 Å². The van der Waals surface area contributed by atoms with Gasteiger partial charge in [0, 0.05) is 24.2 Å². The van der Waals surface area contributed by atoms with Crippen molar-refractivity contribution in [3.63, 3.8) is 0 Å². The van der Waals surface area contributed by atoms with Crippen LogP contribution < -0.4 is 0 Å². The number of fused-ring (bicyclic) bond motifs is 1. The summed E-state index contributed by atoms with van der Waals surface area (Å²) >= 11 is 1.87. The lowest BCUT2D eigenvalue weighted by atomic mass is 9.98. The number of rotatable bonds is 3. The largest absolute Gasteiger partial charge is 0.338 e. The van der Waals surface area contributed by atoms with Crippen LogP contribution in [0.2, 0.25) is 0 Å². The molecule has 1 aliphatic heterocycles. The van der Waals surface area contributed by atoms with Gasteiger partial charge in [-0.05, 0) is 49.8 Å². The van der Waals surface area contributed by atoms with E-state index in [-0.39, 0.29) is 5.91 Å². The second-order valence-electron chi connectivity index (χ2n) is 6.04. The Morgan fingerprint density at radius 3 is 3.05 bits per heavy atom. The van der Waals surface area contributed by atoms with Crippen LogP contribution in [-0.2, 0) is 0 Å². The lowest BCUT2D eigenvalue weighted by Gasteiger charge is -2.32. The summed E-state index contributed by atoms with van der Waals surface area (Å²) in [4.78, 5) is 19.6. The van der Waals surface area contributed by atoms with Crippen LogP contribution in [0.3, 0.4) is 0 Å². The smallest absolute Gasteiger partial charge is 0.254 e. The van der Waals surface area contributed by atoms with E-state index in [0.29, 0.717) is 5.92 Å². The van der Waals surface area contributed by atoms with E-state index in [1.165, 1.54) is 6.42 Å². The molecule has 0 N–H and O–H groups in total. The van der Waals surface area contributed by atoms with Crippen LogP contribution in [-0.4, -0.2) is 40.9 Å². The molecular weight excluding hydrogens is 292 g/mol. The van der Waals surface area contributed by atoms with E-state index < -0.39 is 0 Å². The van der Waals surface area contributed by atoms with E-state index in [2.05, 4.69) is 11.2 Å². The second kappa shape index (κ2) is 6.69. The number of amides is 1. The van der Waals surface area contributed by atoms with Crippen molar-refractivity contribution in [3.05, 3.63) is 41.6 Å². The van der Waals surface area contributed by atoms with Crippen molar-refractivity contribution < 1.29 is 4.79 Å². The zero-order chi connectivity index (χ0) is 15.5. The highest BCUT2D eigenvalue weighted by Gasteiger charge is 2.25. The number of pyridine rings is 1. The molecule has 3 rings (SSSR count). The maximum Gasteiger partial charge on any atom is 0.254 e. The molecule has 1 atom stereocenters. The fourth-order valence-electron chi connectivity index (χ4n) is 3.28. The average Bonchev–Trinajstić information content (AvgIpc) is 2.54. The Balaban J connectivity index is 1.91. The first-order chi connectivity index (χ1) is 10.7. The fraction of sp³-hybridized carbons (Fsp3) is 0.444. The molecule has 1 aromatic carbocycles. The first kappa shape index (κ1) is 15.3. The molecule has 3 nitrogen and oxygen atoms in total. The van der Waals surface area contributed by atoms with Crippen molar-refractivity contribution in [1.29, 1.82) is 0 Å². The molecule has 4 heteroatoms. The Labute approximate surface area is 136 Å². The number of carbonyl (C=O) groups excluding carboxylic acids is 1. The first-order valence-corrected chi connectivity index (χ1v) is 9.23. The number of likely N-dealkylation sites (tertiary alicyclic amines) is 1. The van der Waals surface area contributed by atoms with E-state index in [0.717, 1.165) is 47.4 Å². The molecule has 22 heavy (non-hydrogen) atoms. The van der Waals surface area contributed by atoms with Gasteiger partial charge in [-0.25, -0.2) is 0 Å². The average molecular weight is 314 g/mol. The van der Waals surface area contributed by atoms with Crippen LogP contribution in [0.4, 0.5) is 0 Å². The quantitative estimate of drug-likeness (QED) is 0.865. The predicted molar refractivity (Wildman–Crippen MR) is 93.5 cm³/mol. The molecule has 1 fully saturated rings. The summed E-state index contributed by atoms with van der Waals surface area (Å²) in [6, 6.07) is 9.86. The molecule has 1 aromatic heterocycles. The van der Waals surface area contributed by atoms with E-state index >= 15 is 0 Å². The zero-order valence-electron chi connectivity index (χ0n) is 13.2. The topological polar surface area (TPSA) is 33.2 Å². The number of nitrogens with zero attached hydrogens (tertiary/aromatic N) is 2. The minimum atomic E-state index is 0.160. The molecule has 1 amide bonds. The van der Waals surface area contributed by atoms with E-state index in [1.807, 2.05) is 53.9 Å². The third-order valence-electron chi connectivity index (χ3n) is 4.28. The lowest BCUT2D eigenvalue weighted by Crippen LogP contribution is -2.40. The molecule has 0 saturated carbocycles. The highest BCUT2D eigenvalue weighted by molar-refractivity contribution is 7.98. The van der Waals surface area contributed by atoms with Crippen LogP contribution in [0, 0.1) is 12.8 Å². The van der Waals surface area contributed by atoms with Crippen molar-refractivity contribution in [3.8, 4) is 0 Å². The van der Waals surface area contributed by atoms with E-state index in [4.69, 9.17) is 0 Å². The minimum Gasteiger partial charge on any atom is -0.338 e. The Morgan fingerprint density at radius 2 is 2.23 bits per heavy atom. The highest BCUT2D eigenvalue weighted by atomic mass is 32.2. The number of carbonyl (C=O) groups is 1. The summed E-state index contributed by atoms with van der Waals surface area (Å²) in [6.07, 6.45) is 4.49. The first-order valence-electron chi connectivity index (χ1n) is 7.83. The van der Waals surface area contributed by atoms with Gasteiger partial charge in [0.15, 0.2) is 0 Å². The van der Waals surface area contributed by atoms with Crippen LogP contribution in [0.15, 0.2) is 30.3 Å². The van der Waals surface area contributed by atoms with Crippen LogP contribution in [0.1, 0.15) is 28.9 Å². The number of para-hydroxylation sites is 1. The molecule has 0 spiro atoms. The van der Waals surface area contributed by atoms with Crippen LogP contribution in [0.5, 0.6) is 0 Å². The molecule has 0 aliphatic carbocycles. The number of hydrogen-bond donors (Lipinski definition) is 0. The Hall–Kier alpha value is -1.55. The molecule has 1 unspecified atom stereocenters. The third-order valence-corrected chi connectivity index (χ3v) is 5.09. The molecule has 116 valence electrons. The monoisotopic (exact) mass is 314 g/mol. The standard InChI is InChI=1S/C18H22N2OS/c1-13-10-16(15-7-3-4-8-17(15)19-13)18(21)20-9-5-6-14(11-20)12-22-2/h3-4,7-8,10,14H,5-6,9,11-12H2,1-2H3. The summed E-state index contributed by atoms with van der Waals surface area (Å²) in [5.41, 5.74) is 2.61. The zero-order valence-corrected chi connectivity index (χ0v) is 14.0. The predicted octanol–water partition coefficient (Wildman–Crippen LogP) is 3.76. The number of aromatic nitrogens is 1. The van der Waals surface area contributed by atoms with Gasteiger partial charge in [-0.3, -0.25) is 9.78 Å². The van der Waals surface area contributed by atoms with Crippen molar-refractivity contribution in [2.75, 3.05) is 25.1 Å². The van der Waals surface area contributed by atoms with Crippen molar-refractivity contribution >= 4 is 28.6 Å². The summed E-state index contributed by atoms with van der Waals surface area (Å²) in [6.45, 7) is 3.71. The molecule has 1 aliphatic rings. The SMILES string of the molecule is CSCC1CCCN(C(=O)c2cc(C)nc3ccccc23)C1. The van der Waals surface area contributed by atoms with Gasteiger partial charge in [0.2, 0.25) is 0 Å². The highest BCUT2D eigenvalue weighted by Crippen LogP contribution is 2.24. The Morgan fingerprint density at radius 1 is 1.41 bits per heavy atom. The second-order valence-corrected chi connectivity index (χ2v) is 6.95. The third kappa shape index (κ3) is 3.12. The van der Waals surface area contributed by atoms with Gasteiger partial charge >= 0.3 is 0 Å². The van der Waals surface area contributed by atoms with Gasteiger partial charge in [0.1, 0.15) is 0 Å². The molecular formula is C18H22N2OS. The number of aryl methyl sites for hydroxylation is 1. The number of thioether (sulfide) groups is 1. The Kier molecular flexibility index (Phi) is 4.67. The van der Waals surface area contributed by atoms with Crippen molar-refractivity contribution in [2.45, 2.75) is 19.8 Å². The summed E-state index contributed by atoms with van der Waals surface area (Å²) in [5.74, 6) is 1.93. The number of hydrogen-bond acceptors (Lipinski definition) is 3. The van der Waals surface area contributed by atoms with Crippen LogP contribution >= 0.6 is 11.8 Å². The molecule has 0 radical (unpaired) electrons. The molecule has 2 heterocycles. The van der Waals surface area contributed by atoms with Crippen molar-refractivity contribution in [1.82, 2.24) is 9.88 Å². The molecule has 2 aromatic rings. The number of benzene rings is 1. The number of piperidine rings is 1. The lowest BCUT2D eigenvalue weighted by molar-refractivity contribution is 0.0687. The van der Waals surface area contributed by atoms with Gasteiger partial charge in [0.05, 0.1) is 11.1 Å². The van der Waals surface area contributed by atoms with E-state index in [1.54, 1.807) is 0 Å². The maximum absolute atomic E-state index is 13.0. The summed E-state index contributed by atoms with van der Waals surface area (Å²) in [5, 5.41) is 0.963. The maximum atomic E-state index is 13.0.